The van der Waals surface area contributed by atoms with Crippen molar-refractivity contribution >= 4 is 40.0 Å². The largest absolute Gasteiger partial charge is 0.379 e. The van der Waals surface area contributed by atoms with Crippen molar-refractivity contribution in [2.24, 2.45) is 7.05 Å². The smallest absolute Gasteiger partial charge is 0.252 e. The predicted molar refractivity (Wildman–Crippen MR) is 126 cm³/mol. The Labute approximate surface area is 190 Å². The molecule has 2 saturated heterocycles. The normalized spacial score (nSPS) is 22.3. The molecule has 1 N–H and O–H groups in total. The van der Waals surface area contributed by atoms with Gasteiger partial charge in [-0.15, -0.1) is 11.3 Å². The number of rotatable bonds is 5. The molecule has 0 spiro atoms. The molecule has 0 bridgehead atoms. The molecule has 0 unspecified atom stereocenters. The average molecular weight is 458 g/mol. The number of aryl methyl sites for hydroxylation is 2. The number of carbonyl (C=O) groups excluding carboxylic acids is 1. The molecule has 31 heavy (non-hydrogen) atoms. The molecule has 5 heterocycles. The van der Waals surface area contributed by atoms with Crippen LogP contribution < -0.4 is 5.32 Å². The first kappa shape index (κ1) is 20.9. The number of thioether (sulfide) groups is 1. The van der Waals surface area contributed by atoms with Gasteiger partial charge in [0.05, 0.1) is 40.4 Å². The van der Waals surface area contributed by atoms with Gasteiger partial charge in [-0.25, -0.2) is 4.98 Å². The third kappa shape index (κ3) is 3.88. The molecule has 2 fully saturated rings. The van der Waals surface area contributed by atoms with Gasteiger partial charge in [-0.1, -0.05) is 6.07 Å². The molecule has 5 rings (SSSR count). The van der Waals surface area contributed by atoms with Crippen LogP contribution >= 0.6 is 23.1 Å². The lowest BCUT2D eigenvalue weighted by Gasteiger charge is -2.43. The minimum Gasteiger partial charge on any atom is -0.379 e. The SMILES string of the molecule is Cc1nn(C)c2nc(-c3cccs3)cc(C(=O)NC[C@@]3(N4CCOCC4)CCSC3)c12. The molecule has 3 aromatic rings. The van der Waals surface area contributed by atoms with Gasteiger partial charge in [-0.3, -0.25) is 14.4 Å². The number of nitrogens with one attached hydrogen (secondary N) is 1. The summed E-state index contributed by atoms with van der Waals surface area (Å²) in [5.41, 5.74) is 3.05. The van der Waals surface area contributed by atoms with Crippen LogP contribution in [0.4, 0.5) is 0 Å². The topological polar surface area (TPSA) is 72.3 Å². The highest BCUT2D eigenvalue weighted by molar-refractivity contribution is 7.99. The van der Waals surface area contributed by atoms with Gasteiger partial charge in [-0.2, -0.15) is 16.9 Å². The molecule has 9 heteroatoms. The third-order valence-electron chi connectivity index (χ3n) is 6.33. The quantitative estimate of drug-likeness (QED) is 0.635. The summed E-state index contributed by atoms with van der Waals surface area (Å²) in [6.45, 7) is 5.99. The highest BCUT2D eigenvalue weighted by Gasteiger charge is 2.41. The van der Waals surface area contributed by atoms with Crippen molar-refractivity contribution in [2.75, 3.05) is 44.4 Å². The van der Waals surface area contributed by atoms with Crippen molar-refractivity contribution in [1.29, 1.82) is 0 Å². The highest BCUT2D eigenvalue weighted by Crippen LogP contribution is 2.34. The summed E-state index contributed by atoms with van der Waals surface area (Å²) in [7, 11) is 1.88. The van der Waals surface area contributed by atoms with Crippen LogP contribution in [0.25, 0.3) is 21.6 Å². The zero-order valence-electron chi connectivity index (χ0n) is 17.9. The Morgan fingerprint density at radius 1 is 1.35 bits per heavy atom. The zero-order chi connectivity index (χ0) is 21.4. The summed E-state index contributed by atoms with van der Waals surface area (Å²) in [6.07, 6.45) is 1.09. The van der Waals surface area contributed by atoms with Gasteiger partial charge in [0.15, 0.2) is 5.65 Å². The van der Waals surface area contributed by atoms with Crippen LogP contribution in [0.1, 0.15) is 22.5 Å². The molecule has 164 valence electrons. The number of aromatic nitrogens is 3. The Balaban J connectivity index is 1.46. The first-order chi connectivity index (χ1) is 15.1. The van der Waals surface area contributed by atoms with Crippen LogP contribution in [0.3, 0.4) is 0 Å². The molecular formula is C22H27N5O2S2. The van der Waals surface area contributed by atoms with Crippen LogP contribution in [-0.4, -0.2) is 75.5 Å². The number of pyridine rings is 1. The fourth-order valence-electron chi connectivity index (χ4n) is 4.65. The number of thiophene rings is 1. The Kier molecular flexibility index (Phi) is 5.76. The van der Waals surface area contributed by atoms with E-state index in [1.807, 2.05) is 49.3 Å². The van der Waals surface area contributed by atoms with Crippen molar-refractivity contribution in [3.05, 3.63) is 34.8 Å². The monoisotopic (exact) mass is 457 g/mol. The van der Waals surface area contributed by atoms with E-state index in [-0.39, 0.29) is 11.4 Å². The van der Waals surface area contributed by atoms with Crippen LogP contribution in [0, 0.1) is 6.92 Å². The summed E-state index contributed by atoms with van der Waals surface area (Å²) in [5.74, 6) is 2.13. The molecule has 1 amide bonds. The molecule has 0 radical (unpaired) electrons. The van der Waals surface area contributed by atoms with Crippen LogP contribution in [-0.2, 0) is 11.8 Å². The van der Waals surface area contributed by atoms with Gasteiger partial charge >= 0.3 is 0 Å². The fourth-order valence-corrected chi connectivity index (χ4v) is 6.81. The van der Waals surface area contributed by atoms with E-state index >= 15 is 0 Å². The molecule has 2 aliphatic heterocycles. The van der Waals surface area contributed by atoms with E-state index in [1.165, 1.54) is 0 Å². The third-order valence-corrected chi connectivity index (χ3v) is 8.46. The summed E-state index contributed by atoms with van der Waals surface area (Å²) < 4.78 is 7.33. The first-order valence-corrected chi connectivity index (χ1v) is 12.7. The van der Waals surface area contributed by atoms with E-state index in [4.69, 9.17) is 9.72 Å². The lowest BCUT2D eigenvalue weighted by Crippen LogP contribution is -2.59. The van der Waals surface area contributed by atoms with E-state index in [9.17, 15) is 4.79 Å². The molecule has 0 saturated carbocycles. The Morgan fingerprint density at radius 2 is 2.19 bits per heavy atom. The Hall–Kier alpha value is -1.94. The van der Waals surface area contributed by atoms with Gasteiger partial charge in [0.2, 0.25) is 0 Å². The zero-order valence-corrected chi connectivity index (χ0v) is 19.5. The molecule has 7 nitrogen and oxygen atoms in total. The van der Waals surface area contributed by atoms with E-state index in [2.05, 4.69) is 15.3 Å². The van der Waals surface area contributed by atoms with Crippen molar-refractivity contribution in [1.82, 2.24) is 25.0 Å². The van der Waals surface area contributed by atoms with Crippen molar-refractivity contribution in [2.45, 2.75) is 18.9 Å². The maximum absolute atomic E-state index is 13.5. The van der Waals surface area contributed by atoms with Gasteiger partial charge in [0.1, 0.15) is 0 Å². The molecular weight excluding hydrogens is 430 g/mol. The molecule has 1 atom stereocenters. The van der Waals surface area contributed by atoms with Crippen LogP contribution in [0.15, 0.2) is 23.6 Å². The van der Waals surface area contributed by atoms with Crippen molar-refractivity contribution < 1.29 is 9.53 Å². The number of hydrogen-bond acceptors (Lipinski definition) is 7. The average Bonchev–Trinajstić information content (AvgIpc) is 3.54. The maximum Gasteiger partial charge on any atom is 0.252 e. The van der Waals surface area contributed by atoms with E-state index in [0.717, 1.165) is 71.5 Å². The molecule has 2 aliphatic rings. The maximum atomic E-state index is 13.5. The second kappa shape index (κ2) is 8.54. The second-order valence-electron chi connectivity index (χ2n) is 8.25. The van der Waals surface area contributed by atoms with E-state index in [0.29, 0.717) is 12.1 Å². The lowest BCUT2D eigenvalue weighted by molar-refractivity contribution is -0.0129. The first-order valence-electron chi connectivity index (χ1n) is 10.6. The minimum atomic E-state index is -0.0501. The number of morpholine rings is 1. The standard InChI is InChI=1S/C22H27N5O2S2/c1-15-19-16(12-17(18-4-3-10-31-18)24-20(19)26(2)25-15)21(28)23-13-22(5-11-30-14-22)27-6-8-29-9-7-27/h3-4,10,12H,5-9,11,13-14H2,1-2H3,(H,23,28)/t22-/m0/s1. The van der Waals surface area contributed by atoms with Crippen molar-refractivity contribution in [3.8, 4) is 10.6 Å². The van der Waals surface area contributed by atoms with Crippen LogP contribution in [0.2, 0.25) is 0 Å². The summed E-state index contributed by atoms with van der Waals surface area (Å²) in [5, 5.41) is 10.7. The van der Waals surface area contributed by atoms with Gasteiger partial charge < -0.3 is 10.1 Å². The summed E-state index contributed by atoms with van der Waals surface area (Å²) in [4.78, 5) is 21.9. The highest BCUT2D eigenvalue weighted by atomic mass is 32.2. The predicted octanol–water partition coefficient (Wildman–Crippen LogP) is 2.94. The summed E-state index contributed by atoms with van der Waals surface area (Å²) in [6, 6.07) is 5.96. The fraction of sp³-hybridized carbons (Fsp3) is 0.500. The molecule has 3 aromatic heterocycles. The molecule has 0 aliphatic carbocycles. The van der Waals surface area contributed by atoms with E-state index < -0.39 is 0 Å². The number of amides is 1. The number of ether oxygens (including phenoxy) is 1. The number of carbonyl (C=O) groups is 1. The van der Waals surface area contributed by atoms with Gasteiger partial charge in [0, 0.05) is 38.0 Å². The number of nitrogens with zero attached hydrogens (tertiary/aromatic N) is 4. The minimum absolute atomic E-state index is 0.0107. The number of fused-ring (bicyclic) bond motifs is 1. The van der Waals surface area contributed by atoms with Crippen LogP contribution in [0.5, 0.6) is 0 Å². The Bertz CT molecular complexity index is 1080. The summed E-state index contributed by atoms with van der Waals surface area (Å²) >= 11 is 3.60. The second-order valence-corrected chi connectivity index (χ2v) is 10.3. The van der Waals surface area contributed by atoms with E-state index in [1.54, 1.807) is 16.0 Å². The molecule has 0 aromatic carbocycles. The van der Waals surface area contributed by atoms with Gasteiger partial charge in [0.25, 0.3) is 5.91 Å². The lowest BCUT2D eigenvalue weighted by atomic mass is 9.95. The number of hydrogen-bond donors (Lipinski definition) is 1. The van der Waals surface area contributed by atoms with Gasteiger partial charge in [-0.05, 0) is 36.6 Å². The van der Waals surface area contributed by atoms with Crippen molar-refractivity contribution in [3.63, 3.8) is 0 Å². The Morgan fingerprint density at radius 3 is 2.90 bits per heavy atom.